The molecule has 10 heteroatoms. The monoisotopic (exact) mass is 506 g/mol. The van der Waals surface area contributed by atoms with Crippen LogP contribution in [0.2, 0.25) is 0 Å². The molecule has 0 aromatic heterocycles. The molecule has 37 heavy (non-hydrogen) atoms. The fourth-order valence-corrected chi connectivity index (χ4v) is 4.20. The number of amidine groups is 1. The fourth-order valence-electron chi connectivity index (χ4n) is 4.20. The second-order valence-corrected chi connectivity index (χ2v) is 8.66. The fraction of sp³-hybridized carbons (Fsp3) is 0.222. The van der Waals surface area contributed by atoms with E-state index in [1.54, 1.807) is 34.1 Å². The lowest BCUT2D eigenvalue weighted by Gasteiger charge is -2.36. The maximum Gasteiger partial charge on any atom is 0.247 e. The standard InChI is InChI=1S/C27H28F2N6O2/c28-20-9-10-23(22(29)16-20)34-11-13-35(14-12-34)24(36)17-32-27(37)25(18-5-2-1-3-6-18)33-21-8-4-7-19(15-21)26(30)31/h1-10,15-16,25,33H,11-14,17H2,(H3,30,31)(H,32,37). The highest BCUT2D eigenvalue weighted by Gasteiger charge is 2.25. The molecule has 4 rings (SSSR count). The van der Waals surface area contributed by atoms with E-state index in [0.717, 1.165) is 6.07 Å². The van der Waals surface area contributed by atoms with Crippen LogP contribution in [0, 0.1) is 17.0 Å². The van der Waals surface area contributed by atoms with E-state index in [9.17, 15) is 18.4 Å². The minimum absolute atomic E-state index is 0.0859. The van der Waals surface area contributed by atoms with Crippen molar-refractivity contribution in [1.82, 2.24) is 10.2 Å². The van der Waals surface area contributed by atoms with Crippen molar-refractivity contribution >= 4 is 29.0 Å². The van der Waals surface area contributed by atoms with Gasteiger partial charge in [-0.3, -0.25) is 15.0 Å². The van der Waals surface area contributed by atoms with Crippen molar-refractivity contribution in [3.63, 3.8) is 0 Å². The van der Waals surface area contributed by atoms with Crippen LogP contribution in [0.4, 0.5) is 20.2 Å². The Bertz CT molecular complexity index is 1280. The molecule has 1 atom stereocenters. The molecule has 8 nitrogen and oxygen atoms in total. The van der Waals surface area contributed by atoms with E-state index in [2.05, 4.69) is 10.6 Å². The van der Waals surface area contributed by atoms with Crippen molar-refractivity contribution in [2.24, 2.45) is 5.73 Å². The number of carbonyl (C=O) groups excluding carboxylic acids is 2. The summed E-state index contributed by atoms with van der Waals surface area (Å²) in [5.41, 5.74) is 7.72. The van der Waals surface area contributed by atoms with Crippen molar-refractivity contribution in [2.45, 2.75) is 6.04 Å². The molecule has 1 aliphatic rings. The largest absolute Gasteiger partial charge is 0.384 e. The van der Waals surface area contributed by atoms with Crippen LogP contribution in [0.15, 0.2) is 72.8 Å². The average molecular weight is 507 g/mol. The van der Waals surface area contributed by atoms with E-state index < -0.39 is 17.7 Å². The third kappa shape index (κ3) is 6.40. The van der Waals surface area contributed by atoms with E-state index in [1.165, 1.54) is 12.1 Å². The van der Waals surface area contributed by atoms with E-state index in [0.29, 0.717) is 48.7 Å². The summed E-state index contributed by atoms with van der Waals surface area (Å²) in [4.78, 5) is 29.3. The Hall–Kier alpha value is -4.47. The second-order valence-electron chi connectivity index (χ2n) is 8.66. The zero-order valence-electron chi connectivity index (χ0n) is 20.1. The maximum absolute atomic E-state index is 14.1. The van der Waals surface area contributed by atoms with Crippen LogP contribution in [0.5, 0.6) is 0 Å². The number of hydrogen-bond acceptors (Lipinski definition) is 5. The first-order valence-corrected chi connectivity index (χ1v) is 11.8. The van der Waals surface area contributed by atoms with Gasteiger partial charge in [0.1, 0.15) is 23.5 Å². The molecule has 1 heterocycles. The van der Waals surface area contributed by atoms with Crippen LogP contribution < -0.4 is 21.3 Å². The molecule has 0 aliphatic carbocycles. The van der Waals surface area contributed by atoms with Gasteiger partial charge in [0.15, 0.2) is 0 Å². The summed E-state index contributed by atoms with van der Waals surface area (Å²) in [6, 6.07) is 18.6. The van der Waals surface area contributed by atoms with E-state index in [1.807, 2.05) is 30.3 Å². The maximum atomic E-state index is 14.1. The van der Waals surface area contributed by atoms with Crippen LogP contribution in [0.3, 0.4) is 0 Å². The molecular formula is C27H28F2N6O2. The van der Waals surface area contributed by atoms with Gasteiger partial charge in [-0.1, -0.05) is 42.5 Å². The van der Waals surface area contributed by atoms with Gasteiger partial charge in [0.2, 0.25) is 11.8 Å². The molecule has 192 valence electrons. The minimum Gasteiger partial charge on any atom is -0.384 e. The van der Waals surface area contributed by atoms with Gasteiger partial charge >= 0.3 is 0 Å². The third-order valence-corrected chi connectivity index (χ3v) is 6.18. The molecule has 1 aliphatic heterocycles. The number of hydrogen-bond donors (Lipinski definition) is 4. The summed E-state index contributed by atoms with van der Waals surface area (Å²) in [6.45, 7) is 1.29. The summed E-state index contributed by atoms with van der Waals surface area (Å²) >= 11 is 0. The number of nitrogens with zero attached hydrogens (tertiary/aromatic N) is 2. The molecule has 0 spiro atoms. The van der Waals surface area contributed by atoms with E-state index in [4.69, 9.17) is 11.1 Å². The Morgan fingerprint density at radius 2 is 1.68 bits per heavy atom. The molecule has 0 saturated carbocycles. The highest BCUT2D eigenvalue weighted by Crippen LogP contribution is 2.22. The van der Waals surface area contributed by atoms with Gasteiger partial charge < -0.3 is 26.2 Å². The van der Waals surface area contributed by atoms with Crippen LogP contribution >= 0.6 is 0 Å². The van der Waals surface area contributed by atoms with Crippen LogP contribution in [0.1, 0.15) is 17.2 Å². The molecular weight excluding hydrogens is 478 g/mol. The number of benzene rings is 3. The average Bonchev–Trinajstić information content (AvgIpc) is 2.91. The molecule has 1 unspecified atom stereocenters. The van der Waals surface area contributed by atoms with Crippen molar-refractivity contribution in [3.05, 3.63) is 95.6 Å². The number of piperazine rings is 1. The highest BCUT2D eigenvalue weighted by atomic mass is 19.1. The first-order chi connectivity index (χ1) is 17.8. The van der Waals surface area contributed by atoms with Crippen molar-refractivity contribution < 1.29 is 18.4 Å². The Labute approximate surface area is 213 Å². The number of anilines is 2. The Morgan fingerprint density at radius 1 is 0.946 bits per heavy atom. The lowest BCUT2D eigenvalue weighted by molar-refractivity contribution is -0.133. The zero-order chi connectivity index (χ0) is 26.4. The van der Waals surface area contributed by atoms with E-state index >= 15 is 0 Å². The molecule has 2 amide bonds. The van der Waals surface area contributed by atoms with Crippen LogP contribution in [-0.2, 0) is 9.59 Å². The lowest BCUT2D eigenvalue weighted by atomic mass is 10.1. The molecule has 3 aromatic rings. The number of nitrogen functional groups attached to an aromatic ring is 1. The predicted octanol–water partition coefficient (Wildman–Crippen LogP) is 2.87. The smallest absolute Gasteiger partial charge is 0.247 e. The number of nitrogens with two attached hydrogens (primary N) is 1. The number of rotatable bonds is 8. The number of nitrogens with one attached hydrogen (secondary N) is 3. The Kier molecular flexibility index (Phi) is 7.97. The highest BCUT2D eigenvalue weighted by molar-refractivity contribution is 5.96. The molecule has 1 fully saturated rings. The summed E-state index contributed by atoms with van der Waals surface area (Å²) in [5.74, 6) is -2.00. The lowest BCUT2D eigenvalue weighted by Crippen LogP contribution is -2.51. The Balaban J connectivity index is 1.37. The van der Waals surface area contributed by atoms with E-state index in [-0.39, 0.29) is 24.2 Å². The van der Waals surface area contributed by atoms with Crippen LogP contribution in [0.25, 0.3) is 0 Å². The Morgan fingerprint density at radius 3 is 2.35 bits per heavy atom. The topological polar surface area (TPSA) is 115 Å². The van der Waals surface area contributed by atoms with Gasteiger partial charge in [0, 0.05) is 43.5 Å². The number of carbonyl (C=O) groups is 2. The number of halogens is 2. The molecule has 1 saturated heterocycles. The summed E-state index contributed by atoms with van der Waals surface area (Å²) in [5, 5.41) is 13.5. The van der Waals surface area contributed by atoms with Crippen molar-refractivity contribution in [3.8, 4) is 0 Å². The van der Waals surface area contributed by atoms with Gasteiger partial charge in [0.05, 0.1) is 12.2 Å². The molecule has 0 radical (unpaired) electrons. The first kappa shape index (κ1) is 25.6. The normalized spacial score (nSPS) is 14.1. The minimum atomic E-state index is -0.783. The molecule has 0 bridgehead atoms. The van der Waals surface area contributed by atoms with Gasteiger partial charge in [-0.2, -0.15) is 0 Å². The van der Waals surface area contributed by atoms with Gasteiger partial charge in [0.25, 0.3) is 0 Å². The third-order valence-electron chi connectivity index (χ3n) is 6.18. The quantitative estimate of drug-likeness (QED) is 0.277. The van der Waals surface area contributed by atoms with Gasteiger partial charge in [-0.25, -0.2) is 8.78 Å². The second kappa shape index (κ2) is 11.5. The summed E-state index contributed by atoms with van der Waals surface area (Å²) < 4.78 is 27.3. The van der Waals surface area contributed by atoms with Crippen molar-refractivity contribution in [1.29, 1.82) is 5.41 Å². The van der Waals surface area contributed by atoms with Crippen LogP contribution in [-0.4, -0.2) is 55.3 Å². The summed E-state index contributed by atoms with van der Waals surface area (Å²) in [6.07, 6.45) is 0. The summed E-state index contributed by atoms with van der Waals surface area (Å²) in [7, 11) is 0. The molecule has 5 N–H and O–H groups in total. The van der Waals surface area contributed by atoms with Gasteiger partial charge in [-0.15, -0.1) is 0 Å². The van der Waals surface area contributed by atoms with Crippen molar-refractivity contribution in [2.75, 3.05) is 42.9 Å². The SMILES string of the molecule is N=C(N)c1cccc(NC(C(=O)NCC(=O)N2CCN(c3ccc(F)cc3F)CC2)c2ccccc2)c1. The molecule has 3 aromatic carbocycles. The first-order valence-electron chi connectivity index (χ1n) is 11.8. The van der Waals surface area contributed by atoms with Gasteiger partial charge in [-0.05, 0) is 29.8 Å². The predicted molar refractivity (Wildman–Crippen MR) is 138 cm³/mol. The zero-order valence-corrected chi connectivity index (χ0v) is 20.1. The number of amides is 2.